The third-order valence-corrected chi connectivity index (χ3v) is 3.65. The van der Waals surface area contributed by atoms with Crippen LogP contribution in [0.3, 0.4) is 0 Å². The Balaban J connectivity index is 1.97. The standard InChI is InChI=1S/C14H30N2O/c1-4-16(5-2)12-13(3)15-10-6-8-14-9-7-11-17-14/h13-15H,4-12H2,1-3H3. The first kappa shape index (κ1) is 14.9. The minimum atomic E-state index is 0.551. The Morgan fingerprint density at radius 1 is 1.35 bits per heavy atom. The van der Waals surface area contributed by atoms with Crippen molar-refractivity contribution >= 4 is 0 Å². The molecule has 17 heavy (non-hydrogen) atoms. The van der Waals surface area contributed by atoms with Crippen molar-refractivity contribution in [2.45, 2.75) is 58.6 Å². The molecular weight excluding hydrogens is 212 g/mol. The van der Waals surface area contributed by atoms with Gasteiger partial charge in [0.25, 0.3) is 0 Å². The molecule has 2 unspecified atom stereocenters. The number of rotatable bonds is 9. The maximum atomic E-state index is 5.62. The first-order valence-corrected chi connectivity index (χ1v) is 7.33. The van der Waals surface area contributed by atoms with Gasteiger partial charge in [-0.2, -0.15) is 0 Å². The van der Waals surface area contributed by atoms with E-state index in [0.717, 1.165) is 32.8 Å². The van der Waals surface area contributed by atoms with Crippen molar-refractivity contribution in [3.63, 3.8) is 0 Å². The fraction of sp³-hybridized carbons (Fsp3) is 1.00. The minimum Gasteiger partial charge on any atom is -0.378 e. The van der Waals surface area contributed by atoms with E-state index in [1.165, 1.54) is 25.7 Å². The summed E-state index contributed by atoms with van der Waals surface area (Å²) >= 11 is 0. The van der Waals surface area contributed by atoms with Crippen LogP contribution in [0, 0.1) is 0 Å². The van der Waals surface area contributed by atoms with E-state index in [-0.39, 0.29) is 0 Å². The van der Waals surface area contributed by atoms with Crippen LogP contribution in [0.15, 0.2) is 0 Å². The molecule has 0 radical (unpaired) electrons. The molecule has 0 saturated carbocycles. The molecule has 0 spiro atoms. The summed E-state index contributed by atoms with van der Waals surface area (Å²) in [6.45, 7) is 12.3. The van der Waals surface area contributed by atoms with Crippen LogP contribution in [0.25, 0.3) is 0 Å². The third kappa shape index (κ3) is 6.39. The zero-order valence-electron chi connectivity index (χ0n) is 11.9. The van der Waals surface area contributed by atoms with E-state index in [1.54, 1.807) is 0 Å². The molecule has 102 valence electrons. The van der Waals surface area contributed by atoms with Crippen molar-refractivity contribution in [3.8, 4) is 0 Å². The van der Waals surface area contributed by atoms with Crippen LogP contribution >= 0.6 is 0 Å². The molecule has 0 aromatic carbocycles. The van der Waals surface area contributed by atoms with Crippen molar-refractivity contribution in [1.29, 1.82) is 0 Å². The summed E-state index contributed by atoms with van der Waals surface area (Å²) in [4.78, 5) is 2.47. The predicted molar refractivity (Wildman–Crippen MR) is 73.5 cm³/mol. The van der Waals surface area contributed by atoms with Crippen LogP contribution < -0.4 is 5.32 Å². The Kier molecular flexibility index (Phi) is 7.82. The lowest BCUT2D eigenvalue weighted by molar-refractivity contribution is 0.102. The third-order valence-electron chi connectivity index (χ3n) is 3.65. The van der Waals surface area contributed by atoms with Crippen molar-refractivity contribution in [3.05, 3.63) is 0 Å². The average Bonchev–Trinajstić information content (AvgIpc) is 2.84. The summed E-state index contributed by atoms with van der Waals surface area (Å²) < 4.78 is 5.62. The minimum absolute atomic E-state index is 0.551. The van der Waals surface area contributed by atoms with Crippen molar-refractivity contribution in [2.24, 2.45) is 0 Å². The highest BCUT2D eigenvalue weighted by Gasteiger charge is 2.14. The van der Waals surface area contributed by atoms with E-state index >= 15 is 0 Å². The summed E-state index contributed by atoms with van der Waals surface area (Å²) in [7, 11) is 0. The molecule has 0 bridgehead atoms. The maximum Gasteiger partial charge on any atom is 0.0576 e. The molecule has 0 aromatic rings. The summed E-state index contributed by atoms with van der Waals surface area (Å²) in [6, 6.07) is 0.597. The van der Waals surface area contributed by atoms with Gasteiger partial charge in [-0.1, -0.05) is 13.8 Å². The molecule has 1 heterocycles. The van der Waals surface area contributed by atoms with Crippen molar-refractivity contribution in [1.82, 2.24) is 10.2 Å². The van der Waals surface area contributed by atoms with E-state index < -0.39 is 0 Å². The van der Waals surface area contributed by atoms with Crippen molar-refractivity contribution in [2.75, 3.05) is 32.8 Å². The second-order valence-electron chi connectivity index (χ2n) is 5.12. The molecule has 0 aromatic heterocycles. The number of hydrogen-bond donors (Lipinski definition) is 1. The molecule has 0 amide bonds. The fourth-order valence-electron chi connectivity index (χ4n) is 2.48. The largest absolute Gasteiger partial charge is 0.378 e. The number of likely N-dealkylation sites (N-methyl/N-ethyl adjacent to an activating group) is 1. The van der Waals surface area contributed by atoms with Crippen molar-refractivity contribution < 1.29 is 4.74 Å². The topological polar surface area (TPSA) is 24.5 Å². The van der Waals surface area contributed by atoms with Gasteiger partial charge in [0.15, 0.2) is 0 Å². The zero-order valence-corrected chi connectivity index (χ0v) is 11.9. The van der Waals surface area contributed by atoms with E-state index in [0.29, 0.717) is 12.1 Å². The summed E-state index contributed by atoms with van der Waals surface area (Å²) in [6.07, 6.45) is 5.55. The van der Waals surface area contributed by atoms with Gasteiger partial charge in [-0.25, -0.2) is 0 Å². The SMILES string of the molecule is CCN(CC)CC(C)NCCCC1CCCO1. The Morgan fingerprint density at radius 3 is 2.71 bits per heavy atom. The monoisotopic (exact) mass is 242 g/mol. The van der Waals surface area contributed by atoms with Gasteiger partial charge in [-0.05, 0) is 52.2 Å². The van der Waals surface area contributed by atoms with Gasteiger partial charge < -0.3 is 15.0 Å². The second-order valence-corrected chi connectivity index (χ2v) is 5.12. The van der Waals surface area contributed by atoms with Crippen LogP contribution in [0.2, 0.25) is 0 Å². The summed E-state index contributed by atoms with van der Waals surface area (Å²) in [5, 5.41) is 3.61. The molecule has 1 aliphatic heterocycles. The molecule has 1 rings (SSSR count). The first-order valence-electron chi connectivity index (χ1n) is 7.33. The number of nitrogens with zero attached hydrogens (tertiary/aromatic N) is 1. The van der Waals surface area contributed by atoms with Gasteiger partial charge >= 0.3 is 0 Å². The molecule has 1 aliphatic rings. The van der Waals surface area contributed by atoms with Gasteiger partial charge in [0, 0.05) is 19.2 Å². The van der Waals surface area contributed by atoms with Gasteiger partial charge in [-0.15, -0.1) is 0 Å². The maximum absolute atomic E-state index is 5.62. The Hall–Kier alpha value is -0.120. The summed E-state index contributed by atoms with van der Waals surface area (Å²) in [5.41, 5.74) is 0. The lowest BCUT2D eigenvalue weighted by atomic mass is 10.1. The average molecular weight is 242 g/mol. The van der Waals surface area contributed by atoms with Gasteiger partial charge in [0.2, 0.25) is 0 Å². The highest BCUT2D eigenvalue weighted by Crippen LogP contribution is 2.16. The van der Waals surface area contributed by atoms with E-state index in [4.69, 9.17) is 4.74 Å². The van der Waals surface area contributed by atoms with Crippen LogP contribution in [0.5, 0.6) is 0 Å². The van der Waals surface area contributed by atoms with Crippen LogP contribution in [0.1, 0.15) is 46.5 Å². The first-order chi connectivity index (χ1) is 8.26. The zero-order chi connectivity index (χ0) is 12.5. The molecule has 3 heteroatoms. The quantitative estimate of drug-likeness (QED) is 0.628. The number of hydrogen-bond acceptors (Lipinski definition) is 3. The smallest absolute Gasteiger partial charge is 0.0576 e. The number of nitrogens with one attached hydrogen (secondary N) is 1. The molecule has 2 atom stereocenters. The Morgan fingerprint density at radius 2 is 2.12 bits per heavy atom. The predicted octanol–water partition coefficient (Wildman–Crippen LogP) is 2.27. The molecule has 1 saturated heterocycles. The molecule has 1 N–H and O–H groups in total. The molecular formula is C14H30N2O. The van der Waals surface area contributed by atoms with Crippen LogP contribution in [-0.4, -0.2) is 49.8 Å². The highest BCUT2D eigenvalue weighted by molar-refractivity contribution is 4.68. The van der Waals surface area contributed by atoms with E-state index in [9.17, 15) is 0 Å². The van der Waals surface area contributed by atoms with Gasteiger partial charge in [0.1, 0.15) is 0 Å². The van der Waals surface area contributed by atoms with Gasteiger partial charge in [-0.3, -0.25) is 0 Å². The normalized spacial score (nSPS) is 22.2. The molecule has 1 fully saturated rings. The Labute approximate surface area is 107 Å². The van der Waals surface area contributed by atoms with Crippen LogP contribution in [-0.2, 0) is 4.74 Å². The number of ether oxygens (including phenoxy) is 1. The summed E-state index contributed by atoms with van der Waals surface area (Å²) in [5.74, 6) is 0. The lowest BCUT2D eigenvalue weighted by Gasteiger charge is -2.23. The molecule has 0 aliphatic carbocycles. The highest BCUT2D eigenvalue weighted by atomic mass is 16.5. The van der Waals surface area contributed by atoms with Crippen LogP contribution in [0.4, 0.5) is 0 Å². The fourth-order valence-corrected chi connectivity index (χ4v) is 2.48. The van der Waals surface area contributed by atoms with Gasteiger partial charge in [0.05, 0.1) is 6.10 Å². The lowest BCUT2D eigenvalue weighted by Crippen LogP contribution is -2.39. The second kappa shape index (κ2) is 8.90. The Bertz CT molecular complexity index is 177. The van der Waals surface area contributed by atoms with E-state index in [2.05, 4.69) is 31.0 Å². The molecule has 3 nitrogen and oxygen atoms in total. The van der Waals surface area contributed by atoms with E-state index in [1.807, 2.05) is 0 Å².